The van der Waals surface area contributed by atoms with E-state index in [2.05, 4.69) is 13.3 Å². The lowest BCUT2D eigenvalue weighted by Crippen LogP contribution is -2.24. The molecule has 0 spiro atoms. The molecule has 0 N–H and O–H groups in total. The van der Waals surface area contributed by atoms with E-state index in [1.807, 2.05) is 20.8 Å². The van der Waals surface area contributed by atoms with E-state index in [0.717, 1.165) is 19.3 Å². The topological polar surface area (TPSA) is 18.5 Å². The van der Waals surface area contributed by atoms with Crippen LogP contribution in [0.1, 0.15) is 47.0 Å². The van der Waals surface area contributed by atoms with Crippen molar-refractivity contribution in [2.24, 2.45) is 0 Å². The summed E-state index contributed by atoms with van der Waals surface area (Å²) in [4.78, 5) is 10.3. The van der Waals surface area contributed by atoms with Crippen LogP contribution in [-0.2, 0) is 9.78 Å². The minimum absolute atomic E-state index is 0.136. The zero-order valence-corrected chi connectivity index (χ0v) is 8.72. The van der Waals surface area contributed by atoms with Crippen molar-refractivity contribution in [3.8, 4) is 0 Å². The normalized spacial score (nSPS) is 12.0. The molecule has 2 nitrogen and oxygen atoms in total. The second-order valence-corrected chi connectivity index (χ2v) is 3.61. The average molecular weight is 173 g/mol. The van der Waals surface area contributed by atoms with Crippen LogP contribution in [0.2, 0.25) is 0 Å². The Balaban J connectivity index is 3.33. The van der Waals surface area contributed by atoms with Gasteiger partial charge in [-0.15, -0.1) is 0 Å². The summed E-state index contributed by atoms with van der Waals surface area (Å²) in [5.74, 6) is 0. The van der Waals surface area contributed by atoms with E-state index in [9.17, 15) is 0 Å². The fraction of sp³-hybridized carbons (Fsp3) is 0.900. The second kappa shape index (κ2) is 6.44. The van der Waals surface area contributed by atoms with Gasteiger partial charge in [0.05, 0.1) is 12.2 Å². The Kier molecular flexibility index (Phi) is 6.39. The van der Waals surface area contributed by atoms with Gasteiger partial charge in [-0.3, -0.25) is 0 Å². The lowest BCUT2D eigenvalue weighted by molar-refractivity contribution is -0.353. The number of rotatable bonds is 7. The third-order valence-electron chi connectivity index (χ3n) is 1.63. The van der Waals surface area contributed by atoms with Gasteiger partial charge in [-0.25, -0.2) is 9.78 Å². The van der Waals surface area contributed by atoms with Gasteiger partial charge in [-0.2, -0.15) is 0 Å². The predicted octanol–water partition coefficient (Wildman–Crippen LogP) is 3.13. The Morgan fingerprint density at radius 2 is 2.00 bits per heavy atom. The summed E-state index contributed by atoms with van der Waals surface area (Å²) in [6.07, 6.45) is 5.16. The van der Waals surface area contributed by atoms with Crippen LogP contribution in [0.4, 0.5) is 0 Å². The van der Waals surface area contributed by atoms with E-state index < -0.39 is 0 Å². The van der Waals surface area contributed by atoms with Gasteiger partial charge in [0.25, 0.3) is 0 Å². The fourth-order valence-electron chi connectivity index (χ4n) is 1.01. The highest BCUT2D eigenvalue weighted by atomic mass is 17.2. The van der Waals surface area contributed by atoms with Gasteiger partial charge in [0.2, 0.25) is 0 Å². The smallest absolute Gasteiger partial charge is 0.0980 e. The Bertz CT molecular complexity index is 100. The van der Waals surface area contributed by atoms with Crippen molar-refractivity contribution >= 4 is 0 Å². The predicted molar refractivity (Wildman–Crippen MR) is 50.6 cm³/mol. The SMILES string of the molecule is C[CH]CCOOC(C)(C)CCC. The molecule has 0 aliphatic rings. The van der Waals surface area contributed by atoms with Crippen LogP contribution in [0.5, 0.6) is 0 Å². The molecule has 1 radical (unpaired) electrons. The lowest BCUT2D eigenvalue weighted by Gasteiger charge is -2.22. The molecule has 0 rings (SSSR count). The molecule has 0 aromatic heterocycles. The maximum Gasteiger partial charge on any atom is 0.0980 e. The van der Waals surface area contributed by atoms with E-state index >= 15 is 0 Å². The third-order valence-corrected chi connectivity index (χ3v) is 1.63. The van der Waals surface area contributed by atoms with Gasteiger partial charge in [-0.05, 0) is 33.1 Å². The molecule has 0 aromatic carbocycles. The molecule has 12 heavy (non-hydrogen) atoms. The van der Waals surface area contributed by atoms with Crippen LogP contribution in [0.3, 0.4) is 0 Å². The molecular weight excluding hydrogens is 152 g/mol. The molecule has 0 saturated heterocycles. The van der Waals surface area contributed by atoms with Crippen molar-refractivity contribution in [1.82, 2.24) is 0 Å². The zero-order chi connectivity index (χ0) is 9.45. The highest BCUT2D eigenvalue weighted by molar-refractivity contribution is 4.64. The molecular formula is C10H21O2. The first-order valence-electron chi connectivity index (χ1n) is 4.71. The van der Waals surface area contributed by atoms with Gasteiger partial charge in [0.1, 0.15) is 0 Å². The molecule has 0 aliphatic carbocycles. The summed E-state index contributed by atoms with van der Waals surface area (Å²) in [6.45, 7) is 8.91. The minimum Gasteiger partial charge on any atom is -0.236 e. The number of hydrogen-bond acceptors (Lipinski definition) is 2. The minimum atomic E-state index is -0.136. The van der Waals surface area contributed by atoms with E-state index in [1.54, 1.807) is 0 Å². The van der Waals surface area contributed by atoms with E-state index in [1.165, 1.54) is 0 Å². The molecule has 0 atom stereocenters. The van der Waals surface area contributed by atoms with Crippen molar-refractivity contribution in [2.75, 3.05) is 6.61 Å². The average Bonchev–Trinajstić information content (AvgIpc) is 1.98. The molecule has 0 saturated carbocycles. The fourth-order valence-corrected chi connectivity index (χ4v) is 1.01. The van der Waals surface area contributed by atoms with Crippen LogP contribution in [0, 0.1) is 6.42 Å². The molecule has 2 heteroatoms. The largest absolute Gasteiger partial charge is 0.236 e. The molecule has 0 fully saturated rings. The van der Waals surface area contributed by atoms with Crippen LogP contribution in [-0.4, -0.2) is 12.2 Å². The van der Waals surface area contributed by atoms with E-state index in [-0.39, 0.29) is 5.60 Å². The van der Waals surface area contributed by atoms with Crippen molar-refractivity contribution in [3.63, 3.8) is 0 Å². The second-order valence-electron chi connectivity index (χ2n) is 3.61. The molecule has 73 valence electrons. The lowest BCUT2D eigenvalue weighted by atomic mass is 10.0. The molecule has 0 unspecified atom stereocenters. The first-order chi connectivity index (χ1) is 5.62. The summed E-state index contributed by atoms with van der Waals surface area (Å²) in [6, 6.07) is 0. The highest BCUT2D eigenvalue weighted by Crippen LogP contribution is 2.16. The third kappa shape index (κ3) is 6.62. The van der Waals surface area contributed by atoms with Crippen molar-refractivity contribution in [2.45, 2.75) is 52.6 Å². The van der Waals surface area contributed by atoms with Crippen molar-refractivity contribution < 1.29 is 9.78 Å². The first-order valence-corrected chi connectivity index (χ1v) is 4.71. The molecule has 0 aromatic rings. The summed E-state index contributed by atoms with van der Waals surface area (Å²) in [7, 11) is 0. The molecule has 0 aliphatic heterocycles. The zero-order valence-electron chi connectivity index (χ0n) is 8.72. The standard InChI is InChI=1S/C10H21O2/c1-5-7-9-11-12-10(3,4)8-6-2/h5H,6-9H2,1-4H3. The maximum atomic E-state index is 5.25. The van der Waals surface area contributed by atoms with Crippen LogP contribution in [0.25, 0.3) is 0 Å². The van der Waals surface area contributed by atoms with Gasteiger partial charge in [-0.1, -0.05) is 20.3 Å². The van der Waals surface area contributed by atoms with E-state index in [4.69, 9.17) is 9.78 Å². The monoisotopic (exact) mass is 173 g/mol. The van der Waals surface area contributed by atoms with Gasteiger partial charge in [0, 0.05) is 0 Å². The summed E-state index contributed by atoms with van der Waals surface area (Å²) >= 11 is 0. The maximum absolute atomic E-state index is 5.25. The van der Waals surface area contributed by atoms with Gasteiger partial charge in [0.15, 0.2) is 0 Å². The Hall–Kier alpha value is -0.0800. The first kappa shape index (κ1) is 11.9. The Morgan fingerprint density at radius 1 is 1.33 bits per heavy atom. The van der Waals surface area contributed by atoms with Gasteiger partial charge < -0.3 is 0 Å². The van der Waals surface area contributed by atoms with Crippen LogP contribution in [0.15, 0.2) is 0 Å². The molecule has 0 heterocycles. The number of unbranched alkanes of at least 4 members (excludes halogenated alkanes) is 1. The highest BCUT2D eigenvalue weighted by Gasteiger charge is 2.17. The Labute approximate surface area is 76.2 Å². The van der Waals surface area contributed by atoms with Crippen LogP contribution >= 0.6 is 0 Å². The summed E-state index contributed by atoms with van der Waals surface area (Å²) < 4.78 is 0. The molecule has 0 amide bonds. The number of hydrogen-bond donors (Lipinski definition) is 0. The van der Waals surface area contributed by atoms with Gasteiger partial charge >= 0.3 is 0 Å². The molecule has 0 bridgehead atoms. The Morgan fingerprint density at radius 3 is 2.50 bits per heavy atom. The van der Waals surface area contributed by atoms with Crippen molar-refractivity contribution in [3.05, 3.63) is 6.42 Å². The quantitative estimate of drug-likeness (QED) is 0.334. The van der Waals surface area contributed by atoms with Crippen LogP contribution < -0.4 is 0 Å². The summed E-state index contributed by atoms with van der Waals surface area (Å²) in [5, 5.41) is 0. The van der Waals surface area contributed by atoms with E-state index in [0.29, 0.717) is 6.61 Å². The summed E-state index contributed by atoms with van der Waals surface area (Å²) in [5.41, 5.74) is -0.136. The van der Waals surface area contributed by atoms with Crippen molar-refractivity contribution in [1.29, 1.82) is 0 Å².